The third kappa shape index (κ3) is 4.42. The van der Waals surface area contributed by atoms with Crippen LogP contribution < -0.4 is 5.32 Å². The summed E-state index contributed by atoms with van der Waals surface area (Å²) in [6.45, 7) is -0.181. The Hall–Kier alpha value is -2.08. The van der Waals surface area contributed by atoms with Crippen LogP contribution in [0.3, 0.4) is 0 Å². The maximum absolute atomic E-state index is 11.3. The first-order valence-corrected chi connectivity index (χ1v) is 5.32. The van der Waals surface area contributed by atoms with E-state index < -0.39 is 17.9 Å². The number of amides is 1. The van der Waals surface area contributed by atoms with Crippen molar-refractivity contribution in [1.82, 2.24) is 5.32 Å². The van der Waals surface area contributed by atoms with E-state index in [-0.39, 0.29) is 18.8 Å². The van der Waals surface area contributed by atoms with Crippen molar-refractivity contribution in [3.8, 4) is 5.75 Å². The number of benzene rings is 1. The van der Waals surface area contributed by atoms with Gasteiger partial charge in [0.1, 0.15) is 18.4 Å². The fraction of sp³-hybridized carbons (Fsp3) is 0.333. The van der Waals surface area contributed by atoms with Gasteiger partial charge in [-0.15, -0.1) is 0 Å². The molecule has 0 aliphatic rings. The SMILES string of the molecule is COCC(=O)NC(Cc1ccc(O)cc1)C(=O)O. The molecule has 0 heterocycles. The molecule has 0 radical (unpaired) electrons. The number of hydrogen-bond donors (Lipinski definition) is 3. The molecule has 18 heavy (non-hydrogen) atoms. The van der Waals surface area contributed by atoms with E-state index in [0.717, 1.165) is 0 Å². The fourth-order valence-corrected chi connectivity index (χ4v) is 1.43. The second-order valence-electron chi connectivity index (χ2n) is 3.76. The zero-order valence-corrected chi connectivity index (χ0v) is 9.92. The van der Waals surface area contributed by atoms with Gasteiger partial charge in [0.25, 0.3) is 0 Å². The summed E-state index contributed by atoms with van der Waals surface area (Å²) in [6, 6.07) is 5.12. The first kappa shape index (κ1) is 14.0. The lowest BCUT2D eigenvalue weighted by Gasteiger charge is -2.14. The van der Waals surface area contributed by atoms with Crippen LogP contribution in [-0.2, 0) is 20.7 Å². The second kappa shape index (κ2) is 6.61. The molecule has 1 rings (SSSR count). The van der Waals surface area contributed by atoms with E-state index in [1.54, 1.807) is 12.1 Å². The molecular weight excluding hydrogens is 238 g/mol. The van der Waals surface area contributed by atoms with Crippen molar-refractivity contribution in [1.29, 1.82) is 0 Å². The van der Waals surface area contributed by atoms with Gasteiger partial charge in [0.05, 0.1) is 0 Å². The topological polar surface area (TPSA) is 95.9 Å². The van der Waals surface area contributed by atoms with Gasteiger partial charge in [0.2, 0.25) is 5.91 Å². The third-order valence-corrected chi connectivity index (χ3v) is 2.28. The Morgan fingerprint density at radius 2 is 1.94 bits per heavy atom. The Morgan fingerprint density at radius 3 is 2.44 bits per heavy atom. The summed E-state index contributed by atoms with van der Waals surface area (Å²) < 4.78 is 4.61. The highest BCUT2D eigenvalue weighted by Gasteiger charge is 2.20. The monoisotopic (exact) mass is 253 g/mol. The van der Waals surface area contributed by atoms with Crippen molar-refractivity contribution < 1.29 is 24.5 Å². The van der Waals surface area contributed by atoms with Crippen LogP contribution in [0, 0.1) is 0 Å². The van der Waals surface area contributed by atoms with E-state index in [2.05, 4.69) is 10.1 Å². The first-order chi connectivity index (χ1) is 8.52. The normalized spacial score (nSPS) is 11.8. The number of methoxy groups -OCH3 is 1. The van der Waals surface area contributed by atoms with Crippen LogP contribution in [0.15, 0.2) is 24.3 Å². The van der Waals surface area contributed by atoms with Crippen LogP contribution in [-0.4, -0.2) is 41.8 Å². The Labute approximate surface area is 104 Å². The first-order valence-electron chi connectivity index (χ1n) is 5.32. The lowest BCUT2D eigenvalue weighted by atomic mass is 10.1. The van der Waals surface area contributed by atoms with Crippen LogP contribution in [0.4, 0.5) is 0 Å². The molecule has 1 amide bonds. The maximum Gasteiger partial charge on any atom is 0.326 e. The molecule has 0 bridgehead atoms. The predicted molar refractivity (Wildman–Crippen MR) is 63.3 cm³/mol. The lowest BCUT2D eigenvalue weighted by molar-refractivity contribution is -0.142. The van der Waals surface area contributed by atoms with Crippen LogP contribution in [0.5, 0.6) is 5.75 Å². The van der Waals surface area contributed by atoms with Crippen molar-refractivity contribution in [2.45, 2.75) is 12.5 Å². The number of phenols is 1. The molecule has 1 atom stereocenters. The molecule has 6 nitrogen and oxygen atoms in total. The molecule has 1 aromatic rings. The van der Waals surface area contributed by atoms with Gasteiger partial charge in [-0.1, -0.05) is 12.1 Å². The lowest BCUT2D eigenvalue weighted by Crippen LogP contribution is -2.43. The molecule has 0 spiro atoms. The van der Waals surface area contributed by atoms with E-state index in [4.69, 9.17) is 10.2 Å². The third-order valence-electron chi connectivity index (χ3n) is 2.28. The summed E-state index contributed by atoms with van der Waals surface area (Å²) in [7, 11) is 1.36. The van der Waals surface area contributed by atoms with Gasteiger partial charge < -0.3 is 20.3 Å². The number of carboxylic acid groups (broad SMARTS) is 1. The maximum atomic E-state index is 11.3. The van der Waals surface area contributed by atoms with Crippen LogP contribution in [0.1, 0.15) is 5.56 Å². The Bertz CT molecular complexity index is 415. The van der Waals surface area contributed by atoms with Gasteiger partial charge in [-0.2, -0.15) is 0 Å². The number of ether oxygens (including phenoxy) is 1. The average Bonchev–Trinajstić information content (AvgIpc) is 2.31. The molecule has 1 aromatic carbocycles. The largest absolute Gasteiger partial charge is 0.508 e. The zero-order chi connectivity index (χ0) is 13.5. The van der Waals surface area contributed by atoms with Gasteiger partial charge in [-0.25, -0.2) is 4.79 Å². The number of phenolic OH excluding ortho intramolecular Hbond substituents is 1. The van der Waals surface area contributed by atoms with E-state index in [0.29, 0.717) is 5.56 Å². The predicted octanol–water partition coefficient (Wildman–Crippen LogP) is 0.150. The molecule has 0 aromatic heterocycles. The highest BCUT2D eigenvalue weighted by Crippen LogP contribution is 2.11. The Morgan fingerprint density at radius 1 is 1.33 bits per heavy atom. The number of rotatable bonds is 6. The van der Waals surface area contributed by atoms with Crippen molar-refractivity contribution in [3.63, 3.8) is 0 Å². The highest BCUT2D eigenvalue weighted by molar-refractivity contribution is 5.84. The quantitative estimate of drug-likeness (QED) is 0.670. The van der Waals surface area contributed by atoms with Crippen molar-refractivity contribution in [2.75, 3.05) is 13.7 Å². The fourth-order valence-electron chi connectivity index (χ4n) is 1.43. The molecular formula is C12H15NO5. The summed E-state index contributed by atoms with van der Waals surface area (Å²) in [6.07, 6.45) is 0.144. The highest BCUT2D eigenvalue weighted by atomic mass is 16.5. The molecule has 6 heteroatoms. The minimum atomic E-state index is -1.12. The number of nitrogens with one attached hydrogen (secondary N) is 1. The van der Waals surface area contributed by atoms with Crippen molar-refractivity contribution in [2.24, 2.45) is 0 Å². The number of aromatic hydroxyl groups is 1. The van der Waals surface area contributed by atoms with Crippen LogP contribution >= 0.6 is 0 Å². The summed E-state index contributed by atoms with van der Waals surface area (Å²) >= 11 is 0. The summed E-state index contributed by atoms with van der Waals surface area (Å²) in [5.74, 6) is -1.50. The number of hydrogen-bond acceptors (Lipinski definition) is 4. The van der Waals surface area contributed by atoms with Gasteiger partial charge in [0.15, 0.2) is 0 Å². The van der Waals surface area contributed by atoms with Gasteiger partial charge in [-0.3, -0.25) is 4.79 Å². The van der Waals surface area contributed by atoms with Crippen molar-refractivity contribution >= 4 is 11.9 Å². The zero-order valence-electron chi connectivity index (χ0n) is 9.92. The summed E-state index contributed by atoms with van der Waals surface area (Å²) in [5, 5.41) is 20.5. The summed E-state index contributed by atoms with van der Waals surface area (Å²) in [5.41, 5.74) is 0.706. The molecule has 0 aliphatic carbocycles. The minimum absolute atomic E-state index is 0.106. The van der Waals surface area contributed by atoms with Crippen LogP contribution in [0.2, 0.25) is 0 Å². The number of carbonyl (C=O) groups excluding carboxylic acids is 1. The molecule has 0 saturated carbocycles. The summed E-state index contributed by atoms with van der Waals surface area (Å²) in [4.78, 5) is 22.3. The average molecular weight is 253 g/mol. The van der Waals surface area contributed by atoms with Gasteiger partial charge >= 0.3 is 5.97 Å². The number of aliphatic carboxylic acids is 1. The molecule has 1 unspecified atom stereocenters. The van der Waals surface area contributed by atoms with E-state index in [1.165, 1.54) is 19.2 Å². The number of carbonyl (C=O) groups is 2. The van der Waals surface area contributed by atoms with Crippen LogP contribution in [0.25, 0.3) is 0 Å². The molecule has 3 N–H and O–H groups in total. The van der Waals surface area contributed by atoms with Crippen molar-refractivity contribution in [3.05, 3.63) is 29.8 Å². The smallest absolute Gasteiger partial charge is 0.326 e. The standard InChI is InChI=1S/C12H15NO5/c1-18-7-11(15)13-10(12(16)17)6-8-2-4-9(14)5-3-8/h2-5,10,14H,6-7H2,1H3,(H,13,15)(H,16,17). The molecule has 0 aliphatic heterocycles. The molecule has 0 saturated heterocycles. The molecule has 98 valence electrons. The van der Waals surface area contributed by atoms with Gasteiger partial charge in [-0.05, 0) is 17.7 Å². The van der Waals surface area contributed by atoms with E-state index in [1.807, 2.05) is 0 Å². The Balaban J connectivity index is 2.65. The Kier molecular flexibility index (Phi) is 5.13. The molecule has 0 fully saturated rings. The second-order valence-corrected chi connectivity index (χ2v) is 3.76. The van der Waals surface area contributed by atoms with E-state index in [9.17, 15) is 9.59 Å². The number of carboxylic acids is 1. The van der Waals surface area contributed by atoms with E-state index >= 15 is 0 Å². The van der Waals surface area contributed by atoms with Gasteiger partial charge in [0, 0.05) is 13.5 Å². The minimum Gasteiger partial charge on any atom is -0.508 e.